The molecule has 0 aromatic rings. The molecule has 0 aromatic carbocycles. The molecule has 0 saturated heterocycles. The molecule has 0 unspecified atom stereocenters. The molecule has 0 heterocycles. The summed E-state index contributed by atoms with van der Waals surface area (Å²) in [7, 11) is -18.0. The third kappa shape index (κ3) is 2790. The molecule has 0 aromatic heterocycles. The van der Waals surface area contributed by atoms with Gasteiger partial charge >= 0.3 is 82.3 Å². The fourth-order valence-corrected chi connectivity index (χ4v) is 0. The summed E-state index contributed by atoms with van der Waals surface area (Å²) in [5, 5.41) is 0. The second-order valence-electron chi connectivity index (χ2n) is 1.75. The zero-order valence-electron chi connectivity index (χ0n) is 8.35. The Morgan fingerprint density at radius 3 is 0.556 bits per heavy atom. The first-order chi connectivity index (χ1) is 7.41. The van der Waals surface area contributed by atoms with Crippen molar-refractivity contribution in [2.24, 2.45) is 0 Å². The van der Waals surface area contributed by atoms with Crippen molar-refractivity contribution in [1.29, 1.82) is 0 Å². The van der Waals surface area contributed by atoms with Gasteiger partial charge in [-0.15, -0.1) is 0 Å². The normalized spacial score (nSPS) is 11.1. The molecule has 110 valence electrons. The Kier molecular flexibility index (Phi) is 20.3. The topological polar surface area (TPSA) is 0 Å². The molecule has 0 amide bonds. The van der Waals surface area contributed by atoms with E-state index in [1.807, 2.05) is 0 Å². The molecule has 0 fully saturated rings. The predicted octanol–water partition coefficient (Wildman–Crippen LogP) is 4.25. The van der Waals surface area contributed by atoms with Crippen LogP contribution in [0.15, 0.2) is 0 Å². The first-order valence-corrected chi connectivity index (χ1v) is 6.34. The van der Waals surface area contributed by atoms with Crippen molar-refractivity contribution in [3.8, 4) is 0 Å². The molecule has 0 atom stereocenters. The van der Waals surface area contributed by atoms with Gasteiger partial charge in [-0.3, -0.25) is 0 Å². The van der Waals surface area contributed by atoms with Crippen LogP contribution in [0.3, 0.4) is 0 Å². The number of halogens is 13. The van der Waals surface area contributed by atoms with Gasteiger partial charge in [-0.1, -0.05) is 0 Å². The standard InChI is InChI=1S/CH2Cl.3BF4.K/c1-2;3*2-1(3,4)5;/h1H2;;;;/q;3*-1;. The molecule has 0 aliphatic heterocycles. The van der Waals surface area contributed by atoms with Crippen molar-refractivity contribution in [1.82, 2.24) is 0 Å². The molecule has 0 N–H and O–H groups in total. The van der Waals surface area contributed by atoms with Crippen molar-refractivity contribution in [3.63, 3.8) is 0 Å². The average Bonchev–Trinajstić information content (AvgIpc) is 1.71. The van der Waals surface area contributed by atoms with Crippen LogP contribution < -0.4 is 0 Å². The van der Waals surface area contributed by atoms with E-state index in [2.05, 4.69) is 0 Å². The van der Waals surface area contributed by atoms with Crippen molar-refractivity contribution in [3.05, 3.63) is 0 Å². The van der Waals surface area contributed by atoms with E-state index in [4.69, 9.17) is 11.6 Å². The maximum atomic E-state index is 9.75. The van der Waals surface area contributed by atoms with E-state index >= 15 is 0 Å². The molecule has 0 saturated carbocycles. The summed E-state index contributed by atoms with van der Waals surface area (Å²) in [5.74, 6) is 0. The number of alkyl halides is 1. The summed E-state index contributed by atoms with van der Waals surface area (Å²) in [6, 6.07) is 0. The molecule has 18 heavy (non-hydrogen) atoms. The first-order valence-electron chi connectivity index (χ1n) is 3.59. The number of rotatable bonds is 0. The zero-order valence-corrected chi connectivity index (χ0v) is 12.2. The molecule has 0 nitrogen and oxygen atoms in total. The van der Waals surface area contributed by atoms with Crippen LogP contribution in [0.4, 0.5) is 51.8 Å². The molecular weight excluding hydrogens is 347 g/mol. The van der Waals surface area contributed by atoms with Crippen LogP contribution in [0.2, 0.25) is 0 Å². The Labute approximate surface area is 133 Å². The van der Waals surface area contributed by atoms with Gasteiger partial charge in [-0.25, -0.2) is 0 Å². The van der Waals surface area contributed by atoms with Crippen LogP contribution in [0.5, 0.6) is 0 Å². The fraction of sp³-hybridized carbons (Fsp3) is 1.00. The Hall–Kier alpha value is 1.28. The zero-order chi connectivity index (χ0) is 16.2. The summed E-state index contributed by atoms with van der Waals surface area (Å²) in [4.78, 5) is 0. The van der Waals surface area contributed by atoms with E-state index in [1.165, 1.54) is 0 Å². The van der Waals surface area contributed by atoms with Gasteiger partial charge in [-0.2, -0.15) is 0 Å². The minimum absolute atomic E-state index is 0.870. The molecule has 17 heteroatoms. The van der Waals surface area contributed by atoms with Crippen molar-refractivity contribution in [2.75, 3.05) is -0.0254 Å². The van der Waals surface area contributed by atoms with Crippen LogP contribution in [-0.2, 0) is 0 Å². The fourth-order valence-electron chi connectivity index (χ4n) is 0. The Balaban J connectivity index is -0.0000000739. The molecule has 0 aliphatic carbocycles. The van der Waals surface area contributed by atoms with E-state index in [0.717, 1.165) is 48.9 Å². The molecule has 0 spiro atoms. The van der Waals surface area contributed by atoms with Crippen LogP contribution >= 0.6 is 11.6 Å². The molecule has 0 rings (SSSR count). The number of hydrogen-bond acceptors (Lipinski definition) is 0. The Morgan fingerprint density at radius 1 is 0.556 bits per heavy atom. The first kappa shape index (κ1) is 27.6. The Morgan fingerprint density at radius 2 is 0.556 bits per heavy atom. The van der Waals surface area contributed by atoms with Crippen LogP contribution in [0, 0.1) is 0 Å². The molecule has 0 bridgehead atoms. The minimum Gasteiger partial charge on any atom is -0.418 e. The SMILES string of the molecule is Cl[CH2][K].F[B-](F)(F)F.F[B-](F)(F)F.F[B-](F)(F)F. The summed E-state index contributed by atoms with van der Waals surface area (Å²) >= 11 is 5.95. The molecule has 0 aliphatic rings. The van der Waals surface area contributed by atoms with Gasteiger partial charge in [0.2, 0.25) is 0 Å². The summed E-state index contributed by atoms with van der Waals surface area (Å²) < 4.78 is 118. The largest absolute Gasteiger partial charge is 0.673 e. The van der Waals surface area contributed by atoms with Crippen LogP contribution in [0.25, 0.3) is 0 Å². The summed E-state index contributed by atoms with van der Waals surface area (Å²) in [6.45, 7) is 0. The van der Waals surface area contributed by atoms with Gasteiger partial charge in [0, 0.05) is 0 Å². The quantitative estimate of drug-likeness (QED) is 0.349. The summed E-state index contributed by atoms with van der Waals surface area (Å²) in [5.41, 5.74) is 0. The molecule has 0 radical (unpaired) electrons. The van der Waals surface area contributed by atoms with E-state index in [-0.39, 0.29) is 0 Å². The minimum atomic E-state index is -6.00. The van der Waals surface area contributed by atoms with E-state index in [9.17, 15) is 51.8 Å². The Bertz CT molecular complexity index is 114. The smallest absolute Gasteiger partial charge is 0.418 e. The second kappa shape index (κ2) is 13.3. The second-order valence-corrected chi connectivity index (χ2v) is 4.79. The van der Waals surface area contributed by atoms with E-state index < -0.39 is 21.8 Å². The summed E-state index contributed by atoms with van der Waals surface area (Å²) in [6.07, 6.45) is 0. The van der Waals surface area contributed by atoms with Gasteiger partial charge in [0.15, 0.2) is 0 Å². The van der Waals surface area contributed by atoms with Crippen LogP contribution in [0.1, 0.15) is 0 Å². The van der Waals surface area contributed by atoms with Gasteiger partial charge in [0.1, 0.15) is 0 Å². The molecular formula is CH2B3ClF12K-3. The number of hydrogen-bond donors (Lipinski definition) is 0. The maximum absolute atomic E-state index is 9.75. The van der Waals surface area contributed by atoms with E-state index in [1.54, 1.807) is 0 Å². The van der Waals surface area contributed by atoms with Crippen molar-refractivity contribution in [2.45, 2.75) is 0 Å². The monoisotopic (exact) mass is 349 g/mol. The van der Waals surface area contributed by atoms with Gasteiger partial charge < -0.3 is 51.8 Å². The average molecular weight is 349 g/mol. The van der Waals surface area contributed by atoms with Crippen molar-refractivity contribution >= 4 is 82.3 Å². The third-order valence-corrected chi connectivity index (χ3v) is 0. The van der Waals surface area contributed by atoms with E-state index in [0.29, 0.717) is 0 Å². The van der Waals surface area contributed by atoms with Gasteiger partial charge in [0.05, 0.1) is 0 Å². The van der Waals surface area contributed by atoms with Crippen molar-refractivity contribution < 1.29 is 51.8 Å². The predicted molar refractivity (Wildman–Crippen MR) is 47.0 cm³/mol. The third-order valence-electron chi connectivity index (χ3n) is 0. The van der Waals surface area contributed by atoms with Crippen LogP contribution in [-0.4, -0.2) is 70.7 Å². The maximum Gasteiger partial charge on any atom is 0.673 e. The van der Waals surface area contributed by atoms with Gasteiger partial charge in [-0.05, 0) is 0 Å². The van der Waals surface area contributed by atoms with Gasteiger partial charge in [0.25, 0.3) is 0 Å².